The highest BCUT2D eigenvalue weighted by Gasteiger charge is 2.19. The number of hydrogen-bond acceptors (Lipinski definition) is 3. The smallest absolute Gasteiger partial charge is 0.224 e. The number of rotatable bonds is 36. The van der Waals surface area contributed by atoms with Crippen molar-refractivity contribution in [1.82, 2.24) is 5.32 Å². The number of aliphatic hydroxyl groups excluding tert-OH is 2. The minimum atomic E-state index is -0.701. The van der Waals surface area contributed by atoms with Crippen LogP contribution in [0.4, 0.5) is 0 Å². The van der Waals surface area contributed by atoms with Gasteiger partial charge in [0.1, 0.15) is 0 Å². The zero-order valence-corrected chi connectivity index (χ0v) is 31.7. The van der Waals surface area contributed by atoms with Crippen LogP contribution in [0.1, 0.15) is 194 Å². The molecule has 0 aromatic rings. The summed E-state index contributed by atoms with van der Waals surface area (Å²) in [5.41, 5.74) is 0. The van der Waals surface area contributed by atoms with E-state index in [2.05, 4.69) is 67.8 Å². The Balaban J connectivity index is 3.63. The Labute approximate surface area is 298 Å². The molecule has 0 rings (SSSR count). The summed E-state index contributed by atoms with van der Waals surface area (Å²) in [6.07, 6.45) is 54.6. The normalized spacial score (nSPS) is 13.7. The second-order valence-corrected chi connectivity index (χ2v) is 13.7. The molecule has 0 saturated carbocycles. The summed E-state index contributed by atoms with van der Waals surface area (Å²) >= 11 is 0. The Kier molecular flexibility index (Phi) is 38.0. The molecule has 0 aromatic heterocycles. The lowest BCUT2D eigenvalue weighted by Crippen LogP contribution is -2.45. The van der Waals surface area contributed by atoms with E-state index in [1.54, 1.807) is 0 Å². The van der Waals surface area contributed by atoms with Crippen molar-refractivity contribution in [1.29, 1.82) is 0 Å². The topological polar surface area (TPSA) is 69.6 Å². The Morgan fingerprint density at radius 3 is 1.19 bits per heavy atom. The second kappa shape index (κ2) is 39.5. The van der Waals surface area contributed by atoms with Gasteiger partial charge in [-0.2, -0.15) is 0 Å². The average molecular weight is 670 g/mol. The Morgan fingerprint density at radius 2 is 0.833 bits per heavy atom. The first-order chi connectivity index (χ1) is 23.7. The lowest BCUT2D eigenvalue weighted by Gasteiger charge is -2.22. The summed E-state index contributed by atoms with van der Waals surface area (Å²) < 4.78 is 0. The minimum Gasteiger partial charge on any atom is -0.394 e. The van der Waals surface area contributed by atoms with Gasteiger partial charge in [0.2, 0.25) is 5.91 Å². The van der Waals surface area contributed by atoms with Crippen LogP contribution < -0.4 is 5.32 Å². The van der Waals surface area contributed by atoms with Crippen molar-refractivity contribution >= 4 is 5.91 Å². The van der Waals surface area contributed by atoms with E-state index >= 15 is 0 Å². The van der Waals surface area contributed by atoms with Gasteiger partial charge >= 0.3 is 0 Å². The largest absolute Gasteiger partial charge is 0.394 e. The first-order valence-electron chi connectivity index (χ1n) is 20.5. The number of carbonyl (C=O) groups is 1. The van der Waals surface area contributed by atoms with Crippen LogP contribution in [0, 0.1) is 0 Å². The van der Waals surface area contributed by atoms with Gasteiger partial charge in [0.25, 0.3) is 0 Å². The standard InChI is InChI=1S/C44H79NO3/c1-3-5-7-9-11-13-15-17-19-20-21-22-23-24-26-27-29-31-33-35-37-39-43(47)42(41-46)45-44(48)40-38-36-34-32-30-28-25-18-16-14-12-10-8-6-4-2/h6,8,12,14,18,25,30,32,36,38,42-43,46-47H,3-5,7,9-11,13,15-17,19-24,26-29,31,33-35,37,39-41H2,1-2H3,(H,45,48)/b8-6-,14-12-,25-18-,32-30-,38-36-. The number of amides is 1. The van der Waals surface area contributed by atoms with Gasteiger partial charge in [-0.25, -0.2) is 0 Å². The Morgan fingerprint density at radius 1 is 0.500 bits per heavy atom. The van der Waals surface area contributed by atoms with Crippen molar-refractivity contribution in [2.45, 2.75) is 206 Å². The van der Waals surface area contributed by atoms with Gasteiger partial charge in [0, 0.05) is 6.42 Å². The molecule has 4 nitrogen and oxygen atoms in total. The fraction of sp³-hybridized carbons (Fsp3) is 0.750. The van der Waals surface area contributed by atoms with Gasteiger partial charge in [-0.05, 0) is 38.5 Å². The summed E-state index contributed by atoms with van der Waals surface area (Å²) in [7, 11) is 0. The predicted molar refractivity (Wildman–Crippen MR) is 211 cm³/mol. The zero-order valence-electron chi connectivity index (χ0n) is 31.7. The van der Waals surface area contributed by atoms with Crippen LogP contribution in [0.25, 0.3) is 0 Å². The monoisotopic (exact) mass is 670 g/mol. The van der Waals surface area contributed by atoms with Crippen molar-refractivity contribution < 1.29 is 15.0 Å². The van der Waals surface area contributed by atoms with E-state index in [0.717, 1.165) is 44.9 Å². The first-order valence-corrected chi connectivity index (χ1v) is 20.5. The highest BCUT2D eigenvalue weighted by Crippen LogP contribution is 2.16. The molecular weight excluding hydrogens is 590 g/mol. The molecule has 0 aliphatic carbocycles. The molecule has 0 aromatic carbocycles. The molecular formula is C44H79NO3. The summed E-state index contributed by atoms with van der Waals surface area (Å²) in [5.74, 6) is -0.159. The molecule has 2 unspecified atom stereocenters. The molecule has 0 aliphatic heterocycles. The molecule has 48 heavy (non-hydrogen) atoms. The van der Waals surface area contributed by atoms with Crippen LogP contribution in [0.3, 0.4) is 0 Å². The van der Waals surface area contributed by atoms with Gasteiger partial charge in [0.05, 0.1) is 18.8 Å². The predicted octanol–water partition coefficient (Wildman–Crippen LogP) is 12.6. The number of carbonyl (C=O) groups excluding carboxylic acids is 1. The number of nitrogens with one attached hydrogen (secondary N) is 1. The van der Waals surface area contributed by atoms with Crippen molar-refractivity contribution in [2.75, 3.05) is 6.61 Å². The summed E-state index contributed by atoms with van der Waals surface area (Å²) in [6.45, 7) is 4.20. The molecule has 0 radical (unpaired) electrons. The molecule has 4 heteroatoms. The molecule has 0 saturated heterocycles. The molecule has 0 spiro atoms. The van der Waals surface area contributed by atoms with Crippen LogP contribution in [0.5, 0.6) is 0 Å². The zero-order chi connectivity index (χ0) is 35.0. The van der Waals surface area contributed by atoms with E-state index in [1.807, 2.05) is 12.2 Å². The lowest BCUT2D eigenvalue weighted by molar-refractivity contribution is -0.122. The maximum Gasteiger partial charge on any atom is 0.224 e. The van der Waals surface area contributed by atoms with Gasteiger partial charge in [-0.1, -0.05) is 209 Å². The molecule has 3 N–H and O–H groups in total. The second-order valence-electron chi connectivity index (χ2n) is 13.7. The van der Waals surface area contributed by atoms with Crippen molar-refractivity contribution in [3.63, 3.8) is 0 Å². The fourth-order valence-corrected chi connectivity index (χ4v) is 5.96. The number of aliphatic hydroxyl groups is 2. The lowest BCUT2D eigenvalue weighted by atomic mass is 10.0. The molecule has 0 aliphatic rings. The molecule has 0 bridgehead atoms. The highest BCUT2D eigenvalue weighted by atomic mass is 16.3. The number of unbranched alkanes of at least 4 members (excludes halogenated alkanes) is 20. The minimum absolute atomic E-state index is 0.159. The molecule has 1 amide bonds. The maximum absolute atomic E-state index is 12.3. The third-order valence-electron chi connectivity index (χ3n) is 9.07. The summed E-state index contributed by atoms with van der Waals surface area (Å²) in [4.78, 5) is 12.3. The molecule has 2 atom stereocenters. The number of allylic oxidation sites excluding steroid dienone is 9. The molecule has 0 heterocycles. The fourth-order valence-electron chi connectivity index (χ4n) is 5.96. The Hall–Kier alpha value is -1.91. The van der Waals surface area contributed by atoms with Gasteiger partial charge < -0.3 is 15.5 Å². The van der Waals surface area contributed by atoms with Crippen LogP contribution in [-0.2, 0) is 4.79 Å². The van der Waals surface area contributed by atoms with Gasteiger partial charge in [0.15, 0.2) is 0 Å². The average Bonchev–Trinajstić information content (AvgIpc) is 3.09. The van der Waals surface area contributed by atoms with Crippen LogP contribution in [0.2, 0.25) is 0 Å². The summed E-state index contributed by atoms with van der Waals surface area (Å²) in [6, 6.07) is -0.592. The van der Waals surface area contributed by atoms with Crippen LogP contribution in [0.15, 0.2) is 60.8 Å². The van der Waals surface area contributed by atoms with Crippen LogP contribution >= 0.6 is 0 Å². The third-order valence-corrected chi connectivity index (χ3v) is 9.07. The van der Waals surface area contributed by atoms with Gasteiger partial charge in [-0.3, -0.25) is 4.79 Å². The van der Waals surface area contributed by atoms with E-state index in [4.69, 9.17) is 0 Å². The third kappa shape index (κ3) is 35.4. The molecule has 0 fully saturated rings. The van der Waals surface area contributed by atoms with Gasteiger partial charge in [-0.15, -0.1) is 0 Å². The highest BCUT2D eigenvalue weighted by molar-refractivity contribution is 5.77. The van der Waals surface area contributed by atoms with Crippen molar-refractivity contribution in [3.8, 4) is 0 Å². The van der Waals surface area contributed by atoms with E-state index < -0.39 is 12.1 Å². The first kappa shape index (κ1) is 46.1. The summed E-state index contributed by atoms with van der Waals surface area (Å²) in [5, 5.41) is 23.0. The molecule has 278 valence electrons. The number of hydrogen-bond donors (Lipinski definition) is 3. The van der Waals surface area contributed by atoms with Crippen LogP contribution in [-0.4, -0.2) is 34.9 Å². The maximum atomic E-state index is 12.3. The van der Waals surface area contributed by atoms with Crippen molar-refractivity contribution in [3.05, 3.63) is 60.8 Å². The quantitative estimate of drug-likeness (QED) is 0.0459. The van der Waals surface area contributed by atoms with E-state index in [1.165, 1.54) is 122 Å². The van der Waals surface area contributed by atoms with E-state index in [-0.39, 0.29) is 18.9 Å². The van der Waals surface area contributed by atoms with E-state index in [9.17, 15) is 15.0 Å². The Bertz CT molecular complexity index is 812. The van der Waals surface area contributed by atoms with E-state index in [0.29, 0.717) is 6.42 Å². The van der Waals surface area contributed by atoms with Crippen molar-refractivity contribution in [2.24, 2.45) is 0 Å². The SMILES string of the molecule is CC/C=C\C/C=C\C/C=C\C/C=C\C/C=C\CC(=O)NC(CO)C(O)CCCCCCCCCCCCCCCCCCCCCCC.